The van der Waals surface area contributed by atoms with Crippen LogP contribution >= 0.6 is 23.2 Å². The van der Waals surface area contributed by atoms with Crippen LogP contribution in [0.15, 0.2) is 46.9 Å². The summed E-state index contributed by atoms with van der Waals surface area (Å²) in [6.07, 6.45) is 0. The fraction of sp³-hybridized carbons (Fsp3) is 0. The largest absolute Gasteiger partial charge is 0.456 e. The summed E-state index contributed by atoms with van der Waals surface area (Å²) in [4.78, 5) is 0. The number of benzene rings is 2. The Bertz CT molecular complexity index is 734. The molecule has 4 heteroatoms. The lowest BCUT2D eigenvalue weighted by Gasteiger charge is -2.01. The standard InChI is InChI=1S/C14H9Cl2NO/c15-9-2-4-13-8(5-9)6-14(18-13)11-3-1-10(16)7-12(11)17/h1-7H,17H2. The zero-order valence-corrected chi connectivity index (χ0v) is 10.8. The van der Waals surface area contributed by atoms with Crippen molar-refractivity contribution >= 4 is 39.9 Å². The molecule has 0 aliphatic rings. The van der Waals surface area contributed by atoms with E-state index in [4.69, 9.17) is 33.4 Å². The molecule has 0 bridgehead atoms. The van der Waals surface area contributed by atoms with Crippen molar-refractivity contribution in [1.82, 2.24) is 0 Å². The Labute approximate surface area is 114 Å². The molecular formula is C14H9Cl2NO. The number of fused-ring (bicyclic) bond motifs is 1. The number of rotatable bonds is 1. The molecule has 3 rings (SSSR count). The maximum absolute atomic E-state index is 5.94. The van der Waals surface area contributed by atoms with Gasteiger partial charge in [0.25, 0.3) is 0 Å². The molecule has 0 atom stereocenters. The molecule has 0 radical (unpaired) electrons. The van der Waals surface area contributed by atoms with Gasteiger partial charge in [-0.25, -0.2) is 0 Å². The van der Waals surface area contributed by atoms with E-state index >= 15 is 0 Å². The van der Waals surface area contributed by atoms with Crippen molar-refractivity contribution in [2.75, 3.05) is 5.73 Å². The summed E-state index contributed by atoms with van der Waals surface area (Å²) in [7, 11) is 0. The molecule has 3 aromatic rings. The average molecular weight is 278 g/mol. The minimum atomic E-state index is 0.590. The van der Waals surface area contributed by atoms with Gasteiger partial charge in [-0.2, -0.15) is 0 Å². The second kappa shape index (κ2) is 4.23. The van der Waals surface area contributed by atoms with Crippen LogP contribution in [0.5, 0.6) is 0 Å². The fourth-order valence-electron chi connectivity index (χ4n) is 1.90. The quantitative estimate of drug-likeness (QED) is 0.637. The Morgan fingerprint density at radius 2 is 1.61 bits per heavy atom. The predicted octanol–water partition coefficient (Wildman–Crippen LogP) is 4.99. The number of hydrogen-bond donors (Lipinski definition) is 1. The molecule has 2 nitrogen and oxygen atoms in total. The van der Waals surface area contributed by atoms with Crippen molar-refractivity contribution in [2.24, 2.45) is 0 Å². The number of anilines is 1. The van der Waals surface area contributed by atoms with E-state index in [1.165, 1.54) is 0 Å². The number of halogens is 2. The molecule has 0 aliphatic carbocycles. The first-order valence-corrected chi connectivity index (χ1v) is 6.13. The van der Waals surface area contributed by atoms with E-state index in [0.29, 0.717) is 21.5 Å². The predicted molar refractivity (Wildman–Crippen MR) is 76.1 cm³/mol. The highest BCUT2D eigenvalue weighted by Crippen LogP contribution is 2.33. The van der Waals surface area contributed by atoms with Gasteiger partial charge in [-0.05, 0) is 42.5 Å². The molecule has 0 amide bonds. The highest BCUT2D eigenvalue weighted by molar-refractivity contribution is 6.31. The van der Waals surface area contributed by atoms with E-state index in [1.54, 1.807) is 18.2 Å². The highest BCUT2D eigenvalue weighted by Gasteiger charge is 2.09. The summed E-state index contributed by atoms with van der Waals surface area (Å²) in [5.74, 6) is 0.710. The third-order valence-electron chi connectivity index (χ3n) is 2.76. The van der Waals surface area contributed by atoms with Crippen LogP contribution in [0.25, 0.3) is 22.3 Å². The van der Waals surface area contributed by atoms with Crippen LogP contribution in [-0.4, -0.2) is 0 Å². The van der Waals surface area contributed by atoms with Gasteiger partial charge in [0.2, 0.25) is 0 Å². The van der Waals surface area contributed by atoms with Crippen molar-refractivity contribution in [3.63, 3.8) is 0 Å². The first-order chi connectivity index (χ1) is 8.63. The van der Waals surface area contributed by atoms with Gasteiger partial charge in [-0.1, -0.05) is 23.2 Å². The molecule has 0 fully saturated rings. The van der Waals surface area contributed by atoms with Gasteiger partial charge in [-0.15, -0.1) is 0 Å². The van der Waals surface area contributed by atoms with Gasteiger partial charge in [0.05, 0.1) is 0 Å². The van der Waals surface area contributed by atoms with Gasteiger partial charge < -0.3 is 10.2 Å². The zero-order valence-electron chi connectivity index (χ0n) is 9.28. The lowest BCUT2D eigenvalue weighted by atomic mass is 10.1. The van der Waals surface area contributed by atoms with Crippen molar-refractivity contribution in [1.29, 1.82) is 0 Å². The molecule has 0 unspecified atom stereocenters. The number of nitrogen functional groups attached to an aromatic ring is 1. The second-order valence-electron chi connectivity index (χ2n) is 4.02. The maximum atomic E-state index is 5.94. The van der Waals surface area contributed by atoms with Gasteiger partial charge in [0, 0.05) is 26.7 Å². The average Bonchev–Trinajstić information content (AvgIpc) is 2.71. The Kier molecular flexibility index (Phi) is 2.69. The molecular weight excluding hydrogens is 269 g/mol. The maximum Gasteiger partial charge on any atom is 0.137 e. The Morgan fingerprint density at radius 3 is 2.39 bits per heavy atom. The molecule has 18 heavy (non-hydrogen) atoms. The van der Waals surface area contributed by atoms with Gasteiger partial charge in [0.15, 0.2) is 0 Å². The SMILES string of the molecule is Nc1cc(Cl)ccc1-c1cc2cc(Cl)ccc2o1. The van der Waals surface area contributed by atoms with E-state index < -0.39 is 0 Å². The lowest BCUT2D eigenvalue weighted by Crippen LogP contribution is -1.88. The minimum absolute atomic E-state index is 0.590. The van der Waals surface area contributed by atoms with Gasteiger partial charge in [0.1, 0.15) is 11.3 Å². The molecule has 1 heterocycles. The van der Waals surface area contributed by atoms with Crippen molar-refractivity contribution in [3.8, 4) is 11.3 Å². The zero-order chi connectivity index (χ0) is 12.7. The Morgan fingerprint density at radius 1 is 0.889 bits per heavy atom. The van der Waals surface area contributed by atoms with Crippen LogP contribution < -0.4 is 5.73 Å². The number of hydrogen-bond acceptors (Lipinski definition) is 2. The summed E-state index contributed by atoms with van der Waals surface area (Å²) in [6.45, 7) is 0. The molecule has 0 aliphatic heterocycles. The molecule has 2 N–H and O–H groups in total. The van der Waals surface area contributed by atoms with Crippen LogP contribution in [0.2, 0.25) is 10.0 Å². The molecule has 90 valence electrons. The van der Waals surface area contributed by atoms with E-state index in [9.17, 15) is 0 Å². The monoisotopic (exact) mass is 277 g/mol. The van der Waals surface area contributed by atoms with E-state index in [-0.39, 0.29) is 0 Å². The normalized spacial score (nSPS) is 11.0. The van der Waals surface area contributed by atoms with Gasteiger partial charge in [-0.3, -0.25) is 0 Å². The Balaban J connectivity index is 2.19. The van der Waals surface area contributed by atoms with Crippen molar-refractivity contribution in [3.05, 3.63) is 52.5 Å². The van der Waals surface area contributed by atoms with E-state index in [1.807, 2.05) is 24.3 Å². The molecule has 0 saturated heterocycles. The van der Waals surface area contributed by atoms with Crippen LogP contribution in [0.3, 0.4) is 0 Å². The fourth-order valence-corrected chi connectivity index (χ4v) is 2.27. The van der Waals surface area contributed by atoms with Crippen LogP contribution in [0, 0.1) is 0 Å². The number of furan rings is 1. The van der Waals surface area contributed by atoms with Gasteiger partial charge >= 0.3 is 0 Å². The summed E-state index contributed by atoms with van der Waals surface area (Å²) < 4.78 is 5.75. The minimum Gasteiger partial charge on any atom is -0.456 e. The topological polar surface area (TPSA) is 39.2 Å². The van der Waals surface area contributed by atoms with Crippen molar-refractivity contribution < 1.29 is 4.42 Å². The third-order valence-corrected chi connectivity index (χ3v) is 3.23. The number of nitrogens with two attached hydrogens (primary N) is 1. The van der Waals surface area contributed by atoms with E-state index in [2.05, 4.69) is 0 Å². The Hall–Kier alpha value is -1.64. The summed E-state index contributed by atoms with van der Waals surface area (Å²) in [5.41, 5.74) is 8.13. The smallest absolute Gasteiger partial charge is 0.137 e. The first kappa shape index (κ1) is 11.5. The van der Waals surface area contributed by atoms with Crippen LogP contribution in [0.4, 0.5) is 5.69 Å². The van der Waals surface area contributed by atoms with E-state index in [0.717, 1.165) is 16.5 Å². The van der Waals surface area contributed by atoms with Crippen LogP contribution in [0.1, 0.15) is 0 Å². The summed E-state index contributed by atoms with van der Waals surface area (Å²) in [6, 6.07) is 12.7. The molecule has 0 spiro atoms. The molecule has 1 aromatic heterocycles. The van der Waals surface area contributed by atoms with Crippen molar-refractivity contribution in [2.45, 2.75) is 0 Å². The first-order valence-electron chi connectivity index (χ1n) is 5.38. The molecule has 2 aromatic carbocycles. The summed E-state index contributed by atoms with van der Waals surface area (Å²) >= 11 is 11.8. The lowest BCUT2D eigenvalue weighted by molar-refractivity contribution is 0.632. The highest BCUT2D eigenvalue weighted by atomic mass is 35.5. The third kappa shape index (κ3) is 1.94. The summed E-state index contributed by atoms with van der Waals surface area (Å²) in [5, 5.41) is 2.24. The van der Waals surface area contributed by atoms with Crippen LogP contribution in [-0.2, 0) is 0 Å². The second-order valence-corrected chi connectivity index (χ2v) is 4.90. The molecule has 0 saturated carbocycles.